The first-order valence-electron chi connectivity index (χ1n) is 7.15. The number of carbonyl (C=O) groups is 1. The zero-order valence-electron chi connectivity index (χ0n) is 13.2. The van der Waals surface area contributed by atoms with E-state index >= 15 is 0 Å². The highest BCUT2D eigenvalue weighted by molar-refractivity contribution is 7.92. The molecule has 0 aliphatic carbocycles. The highest BCUT2D eigenvalue weighted by Crippen LogP contribution is 2.23. The molecule has 2 aromatic carbocycles. The summed E-state index contributed by atoms with van der Waals surface area (Å²) in [4.78, 5) is 12.0. The van der Waals surface area contributed by atoms with Crippen LogP contribution in [0.3, 0.4) is 0 Å². The van der Waals surface area contributed by atoms with Crippen LogP contribution in [0.2, 0.25) is 0 Å². The lowest BCUT2D eigenvalue weighted by molar-refractivity contribution is 0.249. The smallest absolute Gasteiger partial charge is 0.319 e. The Morgan fingerprint density at radius 3 is 2.25 bits per heavy atom. The zero-order valence-corrected chi connectivity index (χ0v) is 14.0. The minimum Gasteiger partial charge on any atom is -0.331 e. The van der Waals surface area contributed by atoms with Gasteiger partial charge in [-0.25, -0.2) is 17.6 Å². The third-order valence-corrected chi connectivity index (χ3v) is 3.78. The molecule has 0 aliphatic rings. The van der Waals surface area contributed by atoms with Crippen LogP contribution in [0.5, 0.6) is 0 Å². The average Bonchev–Trinajstić information content (AvgIpc) is 2.48. The highest BCUT2D eigenvalue weighted by atomic mass is 32.2. The third kappa shape index (κ3) is 4.95. The summed E-state index contributed by atoms with van der Waals surface area (Å²) in [6.07, 6.45) is 1.05. The SMILES string of the molecule is CC(NC(=O)Nc1ccccc1F)c1ccccc1NS(C)(=O)=O. The van der Waals surface area contributed by atoms with E-state index in [0.717, 1.165) is 6.26 Å². The molecule has 128 valence electrons. The quantitative estimate of drug-likeness (QED) is 0.773. The van der Waals surface area contributed by atoms with Crippen molar-refractivity contribution in [1.29, 1.82) is 0 Å². The minimum atomic E-state index is -3.44. The molecule has 0 aliphatic heterocycles. The van der Waals surface area contributed by atoms with E-state index in [1.165, 1.54) is 18.2 Å². The molecule has 2 amide bonds. The predicted molar refractivity (Wildman–Crippen MR) is 91.9 cm³/mol. The molecule has 0 aromatic heterocycles. The van der Waals surface area contributed by atoms with Gasteiger partial charge >= 0.3 is 6.03 Å². The Kier molecular flexibility index (Phi) is 5.40. The standard InChI is InChI=1S/C16H18FN3O3S/c1-11(12-7-3-5-9-14(12)20-24(2,22)23)18-16(21)19-15-10-6-4-8-13(15)17/h3-11,20H,1-2H3,(H2,18,19,21). The maximum atomic E-state index is 13.5. The second-order valence-corrected chi connectivity index (χ2v) is 7.01. The molecule has 3 N–H and O–H groups in total. The maximum Gasteiger partial charge on any atom is 0.319 e. The molecular formula is C16H18FN3O3S. The summed E-state index contributed by atoms with van der Waals surface area (Å²) in [5, 5.41) is 5.06. The Labute approximate surface area is 140 Å². The average molecular weight is 351 g/mol. The van der Waals surface area contributed by atoms with E-state index in [9.17, 15) is 17.6 Å². The molecule has 1 unspecified atom stereocenters. The van der Waals surface area contributed by atoms with Gasteiger partial charge in [-0.2, -0.15) is 0 Å². The Bertz CT molecular complexity index is 840. The van der Waals surface area contributed by atoms with Gasteiger partial charge in [-0.05, 0) is 30.7 Å². The van der Waals surface area contributed by atoms with Crippen LogP contribution in [0.1, 0.15) is 18.5 Å². The Morgan fingerprint density at radius 2 is 1.62 bits per heavy atom. The van der Waals surface area contributed by atoms with Crippen molar-refractivity contribution in [2.24, 2.45) is 0 Å². The van der Waals surface area contributed by atoms with E-state index in [1.807, 2.05) is 0 Å². The van der Waals surface area contributed by atoms with Crippen molar-refractivity contribution in [3.8, 4) is 0 Å². The highest BCUT2D eigenvalue weighted by Gasteiger charge is 2.15. The number of amides is 2. The summed E-state index contributed by atoms with van der Waals surface area (Å²) in [5.41, 5.74) is 1.02. The van der Waals surface area contributed by atoms with Crippen molar-refractivity contribution < 1.29 is 17.6 Å². The second-order valence-electron chi connectivity index (χ2n) is 5.26. The van der Waals surface area contributed by atoms with Crippen LogP contribution >= 0.6 is 0 Å². The molecule has 0 radical (unpaired) electrons. The number of hydrogen-bond acceptors (Lipinski definition) is 3. The lowest BCUT2D eigenvalue weighted by Gasteiger charge is -2.18. The predicted octanol–water partition coefficient (Wildman–Crippen LogP) is 3.08. The van der Waals surface area contributed by atoms with Crippen molar-refractivity contribution in [3.05, 3.63) is 59.9 Å². The lowest BCUT2D eigenvalue weighted by Crippen LogP contribution is -2.32. The van der Waals surface area contributed by atoms with Crippen LogP contribution in [0.15, 0.2) is 48.5 Å². The monoisotopic (exact) mass is 351 g/mol. The van der Waals surface area contributed by atoms with E-state index in [1.54, 1.807) is 37.3 Å². The number of hydrogen-bond donors (Lipinski definition) is 3. The fraction of sp³-hybridized carbons (Fsp3) is 0.188. The van der Waals surface area contributed by atoms with Crippen molar-refractivity contribution >= 4 is 27.4 Å². The summed E-state index contributed by atoms with van der Waals surface area (Å²) >= 11 is 0. The van der Waals surface area contributed by atoms with Gasteiger partial charge < -0.3 is 10.6 Å². The molecule has 24 heavy (non-hydrogen) atoms. The molecule has 0 bridgehead atoms. The molecule has 2 aromatic rings. The number of anilines is 2. The van der Waals surface area contributed by atoms with Gasteiger partial charge in [0.05, 0.1) is 23.7 Å². The number of carbonyl (C=O) groups excluding carboxylic acids is 1. The first-order valence-corrected chi connectivity index (χ1v) is 9.04. The first kappa shape index (κ1) is 17.7. The molecular weight excluding hydrogens is 333 g/mol. The lowest BCUT2D eigenvalue weighted by atomic mass is 10.1. The Hall–Kier alpha value is -2.61. The number of urea groups is 1. The second kappa shape index (κ2) is 7.31. The number of sulfonamides is 1. The maximum absolute atomic E-state index is 13.5. The minimum absolute atomic E-state index is 0.0600. The summed E-state index contributed by atoms with van der Waals surface area (Å²) < 4.78 is 38.8. The van der Waals surface area contributed by atoms with E-state index in [0.29, 0.717) is 11.3 Å². The Morgan fingerprint density at radius 1 is 1.04 bits per heavy atom. The normalized spacial score (nSPS) is 12.3. The van der Waals surface area contributed by atoms with Gasteiger partial charge in [-0.15, -0.1) is 0 Å². The van der Waals surface area contributed by atoms with Crippen molar-refractivity contribution in [2.45, 2.75) is 13.0 Å². The number of benzene rings is 2. The number of nitrogens with one attached hydrogen (secondary N) is 3. The van der Waals surface area contributed by atoms with Crippen LogP contribution in [-0.4, -0.2) is 20.7 Å². The molecule has 6 nitrogen and oxygen atoms in total. The van der Waals surface area contributed by atoms with Gasteiger partial charge in [0, 0.05) is 0 Å². The van der Waals surface area contributed by atoms with Crippen molar-refractivity contribution in [3.63, 3.8) is 0 Å². The van der Waals surface area contributed by atoms with Gasteiger partial charge in [0.15, 0.2) is 0 Å². The van der Waals surface area contributed by atoms with Crippen LogP contribution in [0.4, 0.5) is 20.6 Å². The van der Waals surface area contributed by atoms with Crippen molar-refractivity contribution in [1.82, 2.24) is 5.32 Å². The Balaban J connectivity index is 2.11. The largest absolute Gasteiger partial charge is 0.331 e. The summed E-state index contributed by atoms with van der Waals surface area (Å²) in [7, 11) is -3.44. The first-order chi connectivity index (χ1) is 11.3. The fourth-order valence-corrected chi connectivity index (χ4v) is 2.75. The zero-order chi connectivity index (χ0) is 17.7. The molecule has 0 heterocycles. The molecule has 0 saturated carbocycles. The number of halogens is 1. The van der Waals surface area contributed by atoms with E-state index in [-0.39, 0.29) is 5.69 Å². The number of para-hydroxylation sites is 2. The summed E-state index contributed by atoms with van der Waals surface area (Å²) in [5.74, 6) is -0.542. The van der Waals surface area contributed by atoms with E-state index in [2.05, 4.69) is 15.4 Å². The molecule has 0 spiro atoms. The molecule has 8 heteroatoms. The molecule has 0 fully saturated rings. The molecule has 0 saturated heterocycles. The van der Waals surface area contributed by atoms with Gasteiger partial charge in [-0.3, -0.25) is 4.72 Å². The van der Waals surface area contributed by atoms with Gasteiger partial charge in [0.25, 0.3) is 0 Å². The van der Waals surface area contributed by atoms with Gasteiger partial charge in [0.2, 0.25) is 10.0 Å². The van der Waals surface area contributed by atoms with Crippen molar-refractivity contribution in [2.75, 3.05) is 16.3 Å². The summed E-state index contributed by atoms with van der Waals surface area (Å²) in [6.45, 7) is 1.70. The van der Waals surface area contributed by atoms with Crippen LogP contribution in [0, 0.1) is 5.82 Å². The van der Waals surface area contributed by atoms with Gasteiger partial charge in [0.1, 0.15) is 5.82 Å². The van der Waals surface area contributed by atoms with Crippen LogP contribution in [0.25, 0.3) is 0 Å². The third-order valence-electron chi connectivity index (χ3n) is 3.19. The molecule has 2 rings (SSSR count). The topological polar surface area (TPSA) is 87.3 Å². The van der Waals surface area contributed by atoms with Crippen LogP contribution in [-0.2, 0) is 10.0 Å². The molecule has 1 atom stereocenters. The van der Waals surface area contributed by atoms with Crippen LogP contribution < -0.4 is 15.4 Å². The van der Waals surface area contributed by atoms with E-state index < -0.39 is 27.9 Å². The summed E-state index contributed by atoms with van der Waals surface area (Å²) in [6, 6.07) is 11.4. The number of rotatable bonds is 5. The van der Waals surface area contributed by atoms with E-state index in [4.69, 9.17) is 0 Å². The van der Waals surface area contributed by atoms with Gasteiger partial charge in [-0.1, -0.05) is 30.3 Å². The fourth-order valence-electron chi connectivity index (χ4n) is 2.16.